The molecule has 0 fully saturated rings. The van der Waals surface area contributed by atoms with Crippen molar-refractivity contribution in [2.45, 2.75) is 18.4 Å². The third-order valence-electron chi connectivity index (χ3n) is 2.91. The molecule has 21 heavy (non-hydrogen) atoms. The van der Waals surface area contributed by atoms with E-state index in [0.717, 1.165) is 18.2 Å². The predicted octanol–water partition coefficient (Wildman–Crippen LogP) is 2.57. The molecule has 2 aromatic carbocycles. The highest BCUT2D eigenvalue weighted by atomic mass is 32.2. The van der Waals surface area contributed by atoms with Crippen LogP contribution in [0.1, 0.15) is 11.1 Å². The SMILES string of the molecule is Cc1ccc(F)cc1NS(=O)(=O)c1cc(CO)ccc1F. The molecule has 0 spiro atoms. The molecule has 112 valence electrons. The van der Waals surface area contributed by atoms with Gasteiger partial charge in [-0.15, -0.1) is 0 Å². The molecule has 0 aliphatic heterocycles. The quantitative estimate of drug-likeness (QED) is 0.911. The smallest absolute Gasteiger partial charge is 0.264 e. The Hall–Kier alpha value is -1.99. The predicted molar refractivity (Wildman–Crippen MR) is 74.3 cm³/mol. The lowest BCUT2D eigenvalue weighted by molar-refractivity contribution is 0.281. The van der Waals surface area contributed by atoms with Gasteiger partial charge in [0, 0.05) is 0 Å². The van der Waals surface area contributed by atoms with Crippen LogP contribution in [0.5, 0.6) is 0 Å². The summed E-state index contributed by atoms with van der Waals surface area (Å²) in [5.74, 6) is -1.56. The Morgan fingerprint density at radius 2 is 1.86 bits per heavy atom. The van der Waals surface area contributed by atoms with E-state index in [4.69, 9.17) is 5.11 Å². The number of aliphatic hydroxyl groups is 1. The van der Waals surface area contributed by atoms with E-state index in [1.165, 1.54) is 18.2 Å². The lowest BCUT2D eigenvalue weighted by atomic mass is 10.2. The first kappa shape index (κ1) is 15.4. The molecule has 0 amide bonds. The molecule has 0 saturated carbocycles. The normalized spacial score (nSPS) is 11.4. The van der Waals surface area contributed by atoms with Crippen LogP contribution < -0.4 is 4.72 Å². The van der Waals surface area contributed by atoms with E-state index < -0.39 is 33.2 Å². The summed E-state index contributed by atoms with van der Waals surface area (Å²) in [7, 11) is -4.22. The van der Waals surface area contributed by atoms with Crippen LogP contribution in [0, 0.1) is 18.6 Å². The molecule has 0 saturated heterocycles. The van der Waals surface area contributed by atoms with Crippen LogP contribution in [0.15, 0.2) is 41.3 Å². The van der Waals surface area contributed by atoms with Gasteiger partial charge in [0.2, 0.25) is 0 Å². The van der Waals surface area contributed by atoms with Gasteiger partial charge in [-0.2, -0.15) is 0 Å². The van der Waals surface area contributed by atoms with Gasteiger partial charge in [0.25, 0.3) is 10.0 Å². The van der Waals surface area contributed by atoms with Crippen LogP contribution in [-0.2, 0) is 16.6 Å². The lowest BCUT2D eigenvalue weighted by Gasteiger charge is -2.12. The Morgan fingerprint density at radius 1 is 1.14 bits per heavy atom. The fraction of sp³-hybridized carbons (Fsp3) is 0.143. The van der Waals surface area contributed by atoms with E-state index in [9.17, 15) is 17.2 Å². The standard InChI is InChI=1S/C14H13F2NO3S/c1-9-2-4-11(15)7-13(9)17-21(19,20)14-6-10(8-18)3-5-12(14)16/h2-7,17-18H,8H2,1H3. The molecule has 0 atom stereocenters. The maximum atomic E-state index is 13.7. The summed E-state index contributed by atoms with van der Waals surface area (Å²) in [4.78, 5) is -0.599. The van der Waals surface area contributed by atoms with Gasteiger partial charge in [-0.3, -0.25) is 4.72 Å². The number of sulfonamides is 1. The summed E-state index contributed by atoms with van der Waals surface area (Å²) in [6, 6.07) is 6.89. The summed E-state index contributed by atoms with van der Waals surface area (Å²) >= 11 is 0. The molecule has 0 unspecified atom stereocenters. The van der Waals surface area contributed by atoms with Gasteiger partial charge >= 0.3 is 0 Å². The first-order chi connectivity index (χ1) is 9.83. The molecule has 7 heteroatoms. The van der Waals surface area contributed by atoms with Crippen molar-refractivity contribution in [3.05, 3.63) is 59.2 Å². The number of rotatable bonds is 4. The minimum Gasteiger partial charge on any atom is -0.392 e. The zero-order valence-electron chi connectivity index (χ0n) is 11.1. The van der Waals surface area contributed by atoms with Crippen LogP contribution in [0.3, 0.4) is 0 Å². The van der Waals surface area contributed by atoms with E-state index in [0.29, 0.717) is 5.56 Å². The molecule has 0 radical (unpaired) electrons. The van der Waals surface area contributed by atoms with Crippen LogP contribution in [0.2, 0.25) is 0 Å². The van der Waals surface area contributed by atoms with E-state index in [2.05, 4.69) is 4.72 Å². The zero-order valence-corrected chi connectivity index (χ0v) is 11.9. The number of halogens is 2. The molecule has 0 heterocycles. The van der Waals surface area contributed by atoms with Crippen molar-refractivity contribution in [1.29, 1.82) is 0 Å². The number of aryl methyl sites for hydroxylation is 1. The van der Waals surface area contributed by atoms with E-state index in [1.807, 2.05) is 0 Å². The van der Waals surface area contributed by atoms with Gasteiger partial charge in [-0.1, -0.05) is 12.1 Å². The fourth-order valence-electron chi connectivity index (χ4n) is 1.76. The third kappa shape index (κ3) is 3.37. The second kappa shape index (κ2) is 5.79. The highest BCUT2D eigenvalue weighted by molar-refractivity contribution is 7.92. The minimum absolute atomic E-state index is 0.0313. The monoisotopic (exact) mass is 313 g/mol. The van der Waals surface area contributed by atoms with Crippen LogP contribution >= 0.6 is 0 Å². The molecule has 0 aliphatic carbocycles. The first-order valence-electron chi connectivity index (χ1n) is 6.02. The average molecular weight is 313 g/mol. The fourth-order valence-corrected chi connectivity index (χ4v) is 3.01. The molecular formula is C14H13F2NO3S. The molecular weight excluding hydrogens is 300 g/mol. The number of hydrogen-bond donors (Lipinski definition) is 2. The number of aliphatic hydroxyl groups excluding tert-OH is 1. The molecule has 2 rings (SSSR count). The van der Waals surface area contributed by atoms with Crippen LogP contribution in [-0.4, -0.2) is 13.5 Å². The van der Waals surface area contributed by atoms with Gasteiger partial charge in [0.1, 0.15) is 16.5 Å². The van der Waals surface area contributed by atoms with E-state index in [-0.39, 0.29) is 11.3 Å². The van der Waals surface area contributed by atoms with Crippen molar-refractivity contribution in [3.63, 3.8) is 0 Å². The Labute approximate surface area is 121 Å². The summed E-state index contributed by atoms with van der Waals surface area (Å²) < 4.78 is 53.4. The second-order valence-corrected chi connectivity index (χ2v) is 6.14. The number of anilines is 1. The van der Waals surface area contributed by atoms with Gasteiger partial charge in [0.15, 0.2) is 0 Å². The number of hydrogen-bond acceptors (Lipinski definition) is 3. The zero-order chi connectivity index (χ0) is 15.6. The summed E-state index contributed by atoms with van der Waals surface area (Å²) in [5.41, 5.74) is 0.787. The molecule has 4 nitrogen and oxygen atoms in total. The lowest BCUT2D eigenvalue weighted by Crippen LogP contribution is -2.16. The molecule has 0 bridgehead atoms. The Kier molecular flexibility index (Phi) is 4.24. The van der Waals surface area contributed by atoms with Gasteiger partial charge in [0.05, 0.1) is 12.3 Å². The Morgan fingerprint density at radius 3 is 2.52 bits per heavy atom. The van der Waals surface area contributed by atoms with Crippen molar-refractivity contribution in [2.24, 2.45) is 0 Å². The molecule has 0 aromatic heterocycles. The minimum atomic E-state index is -4.22. The van der Waals surface area contributed by atoms with Gasteiger partial charge in [-0.25, -0.2) is 17.2 Å². The van der Waals surface area contributed by atoms with Crippen molar-refractivity contribution < 1.29 is 22.3 Å². The summed E-state index contributed by atoms with van der Waals surface area (Å²) in [6.07, 6.45) is 0. The first-order valence-corrected chi connectivity index (χ1v) is 7.50. The highest BCUT2D eigenvalue weighted by Gasteiger charge is 2.20. The summed E-state index contributed by atoms with van der Waals surface area (Å²) in [5, 5.41) is 9.00. The Balaban J connectivity index is 2.45. The second-order valence-electron chi connectivity index (χ2n) is 4.49. The van der Waals surface area contributed by atoms with Crippen molar-refractivity contribution >= 4 is 15.7 Å². The number of benzene rings is 2. The largest absolute Gasteiger partial charge is 0.392 e. The summed E-state index contributed by atoms with van der Waals surface area (Å²) in [6.45, 7) is 1.18. The van der Waals surface area contributed by atoms with Crippen molar-refractivity contribution in [3.8, 4) is 0 Å². The van der Waals surface area contributed by atoms with Crippen LogP contribution in [0.4, 0.5) is 14.5 Å². The molecule has 2 aromatic rings. The maximum Gasteiger partial charge on any atom is 0.264 e. The van der Waals surface area contributed by atoms with E-state index >= 15 is 0 Å². The average Bonchev–Trinajstić information content (AvgIpc) is 2.43. The molecule has 2 N–H and O–H groups in total. The van der Waals surface area contributed by atoms with Gasteiger partial charge in [-0.05, 0) is 42.3 Å². The Bertz CT molecular complexity index is 776. The molecule has 0 aliphatic rings. The van der Waals surface area contributed by atoms with Crippen LogP contribution in [0.25, 0.3) is 0 Å². The topological polar surface area (TPSA) is 66.4 Å². The maximum absolute atomic E-state index is 13.7. The third-order valence-corrected chi connectivity index (χ3v) is 4.29. The van der Waals surface area contributed by atoms with Crippen molar-refractivity contribution in [1.82, 2.24) is 0 Å². The van der Waals surface area contributed by atoms with E-state index in [1.54, 1.807) is 6.92 Å². The van der Waals surface area contributed by atoms with Gasteiger partial charge < -0.3 is 5.11 Å². The van der Waals surface area contributed by atoms with Crippen molar-refractivity contribution in [2.75, 3.05) is 4.72 Å². The highest BCUT2D eigenvalue weighted by Crippen LogP contribution is 2.23. The number of nitrogens with one attached hydrogen (secondary N) is 1.